The molecule has 3 aliphatic rings. The van der Waals surface area contributed by atoms with Gasteiger partial charge in [-0.1, -0.05) is 64.1 Å². The number of esters is 1. The maximum Gasteiger partial charge on any atom is 0.408 e. The number of nitrogens with one attached hydrogen (secondary N) is 2. The van der Waals surface area contributed by atoms with Gasteiger partial charge < -0.3 is 44.3 Å². The fraction of sp³-hybridized carbons (Fsp3) is 0.644. The van der Waals surface area contributed by atoms with E-state index in [1.165, 1.54) is 6.92 Å². The van der Waals surface area contributed by atoms with Gasteiger partial charge in [0, 0.05) is 48.3 Å². The molecule has 3 saturated heterocycles. The monoisotopic (exact) mass is 915 g/mol. The van der Waals surface area contributed by atoms with Crippen molar-refractivity contribution in [3.63, 3.8) is 0 Å². The van der Waals surface area contributed by atoms with Gasteiger partial charge in [-0.2, -0.15) is 8.42 Å². The number of amides is 2. The van der Waals surface area contributed by atoms with Crippen molar-refractivity contribution in [2.45, 2.75) is 135 Å². The van der Waals surface area contributed by atoms with Crippen molar-refractivity contribution in [1.82, 2.24) is 25.5 Å². The lowest BCUT2D eigenvalue weighted by molar-refractivity contribution is -0.297. The van der Waals surface area contributed by atoms with E-state index in [9.17, 15) is 32.7 Å². The molecular weight excluding hydrogens is 851 g/mol. The van der Waals surface area contributed by atoms with Gasteiger partial charge in [0.05, 0.1) is 30.4 Å². The summed E-state index contributed by atoms with van der Waals surface area (Å²) < 4.78 is 62.9. The highest BCUT2D eigenvalue weighted by Crippen LogP contribution is 2.42. The Balaban J connectivity index is 1.55. The molecule has 0 radical (unpaired) electrons. The van der Waals surface area contributed by atoms with Gasteiger partial charge >= 0.3 is 18.2 Å². The summed E-state index contributed by atoms with van der Waals surface area (Å²) >= 11 is 0. The SMILES string of the molecule is CC[C@H]1OC(=O)[C@H](C)[C@@H](OS(C)(=O)=O)[C@H](C)[C@@H](O[C@@H]2O[C@H](C)C[C@H](N(C)C)[C@H]2O)[C@](C)(OC(=O)NC/C=C/c2ccc(-c3ncccn3)cc2)C[C@@H](C)C(=O)[C@H](C)[C@H]2NC(=O)O[C@@]21C. The quantitative estimate of drug-likeness (QED) is 0.160. The molecule has 3 fully saturated rings. The van der Waals surface area contributed by atoms with Gasteiger partial charge in [0.2, 0.25) is 0 Å². The number of alkyl carbamates (subject to hydrolysis) is 2. The van der Waals surface area contributed by atoms with E-state index in [2.05, 4.69) is 20.6 Å². The van der Waals surface area contributed by atoms with Crippen molar-refractivity contribution in [1.29, 1.82) is 0 Å². The number of benzene rings is 1. The maximum atomic E-state index is 14.6. The topological polar surface area (TPSA) is 231 Å². The molecule has 1 aromatic heterocycles. The lowest BCUT2D eigenvalue weighted by Gasteiger charge is -2.48. The fourth-order valence-electron chi connectivity index (χ4n) is 9.38. The first-order valence-electron chi connectivity index (χ1n) is 21.8. The average Bonchev–Trinajstić information content (AvgIpc) is 3.55. The fourth-order valence-corrected chi connectivity index (χ4v) is 10.1. The standard InChI is InChI=1S/C45H65N5O13S/c1-12-33-45(8)37(49-43(55)62-45)27(4)34(51)25(2)24-44(7,61-42(54)48-20-13-15-30-16-18-31(19-17-30)39-46-21-14-22-47-39)38(60-41-35(52)32(50(9)10)23-26(3)58-41)28(5)36(63-64(11,56)57)29(6)40(53)59-33/h13-19,21-22,25-29,32-33,35-38,41,52H,12,20,23-24H2,1-11H3,(H,48,54)(H,49,55)/b15-13+/t25-,26-,27+,28+,29-,32+,33-,35-,36+,37-,38-,41+,44-,45-/m1/s1. The van der Waals surface area contributed by atoms with Gasteiger partial charge in [-0.25, -0.2) is 19.6 Å². The minimum atomic E-state index is -4.30. The summed E-state index contributed by atoms with van der Waals surface area (Å²) in [6.07, 6.45) is -0.629. The summed E-state index contributed by atoms with van der Waals surface area (Å²) in [7, 11) is -0.693. The zero-order valence-corrected chi connectivity index (χ0v) is 39.4. The second kappa shape index (κ2) is 20.8. The third-order valence-corrected chi connectivity index (χ3v) is 13.2. The number of rotatable bonds is 11. The van der Waals surface area contributed by atoms with E-state index in [1.54, 1.807) is 86.2 Å². The Morgan fingerprint density at radius 3 is 2.31 bits per heavy atom. The number of aliphatic hydroxyl groups is 1. The first-order valence-corrected chi connectivity index (χ1v) is 23.6. The molecule has 64 heavy (non-hydrogen) atoms. The van der Waals surface area contributed by atoms with Gasteiger partial charge in [0.25, 0.3) is 10.1 Å². The molecule has 5 rings (SSSR count). The summed E-state index contributed by atoms with van der Waals surface area (Å²) in [6, 6.07) is 7.85. The van der Waals surface area contributed by atoms with E-state index < -0.39 is 112 Å². The Bertz CT molecular complexity index is 2090. The zero-order chi connectivity index (χ0) is 47.3. The molecule has 0 saturated carbocycles. The van der Waals surface area contributed by atoms with Crippen LogP contribution in [0.5, 0.6) is 0 Å². The van der Waals surface area contributed by atoms with Crippen molar-refractivity contribution >= 4 is 40.1 Å². The number of ketones is 1. The highest BCUT2D eigenvalue weighted by atomic mass is 32.2. The summed E-state index contributed by atoms with van der Waals surface area (Å²) in [4.78, 5) is 66.1. The maximum absolute atomic E-state index is 14.6. The van der Waals surface area contributed by atoms with E-state index >= 15 is 0 Å². The van der Waals surface area contributed by atoms with E-state index in [-0.39, 0.29) is 25.2 Å². The minimum absolute atomic E-state index is 0.0127. The number of carbonyl (C=O) groups excluding carboxylic acids is 4. The highest BCUT2D eigenvalue weighted by molar-refractivity contribution is 7.86. The molecule has 0 bridgehead atoms. The van der Waals surface area contributed by atoms with E-state index in [0.717, 1.165) is 17.4 Å². The molecule has 0 unspecified atom stereocenters. The molecular formula is C45H65N5O13S. The number of hydrogen-bond donors (Lipinski definition) is 3. The molecule has 2 aromatic rings. The predicted octanol–water partition coefficient (Wildman–Crippen LogP) is 4.50. The smallest absolute Gasteiger partial charge is 0.408 e. The van der Waals surface area contributed by atoms with Crippen LogP contribution in [-0.2, 0) is 47.6 Å². The molecule has 1 aromatic carbocycles. The molecule has 0 aliphatic carbocycles. The molecule has 14 atom stereocenters. The van der Waals surface area contributed by atoms with Gasteiger partial charge in [0.15, 0.2) is 17.7 Å². The van der Waals surface area contributed by atoms with Crippen LogP contribution in [0.3, 0.4) is 0 Å². The number of aromatic nitrogens is 2. The summed E-state index contributed by atoms with van der Waals surface area (Å²) in [5.74, 6) is -4.92. The van der Waals surface area contributed by atoms with Gasteiger partial charge in [0.1, 0.15) is 29.7 Å². The molecule has 18 nitrogen and oxygen atoms in total. The number of hydrogen-bond acceptors (Lipinski definition) is 16. The molecule has 19 heteroatoms. The summed E-state index contributed by atoms with van der Waals surface area (Å²) in [6.45, 7) is 13.0. The first kappa shape index (κ1) is 50.5. The Labute approximate surface area is 376 Å². The van der Waals surface area contributed by atoms with Gasteiger partial charge in [-0.3, -0.25) is 13.8 Å². The Morgan fingerprint density at radius 2 is 1.70 bits per heavy atom. The van der Waals surface area contributed by atoms with Crippen molar-refractivity contribution in [2.75, 3.05) is 26.9 Å². The molecule has 4 heterocycles. The third kappa shape index (κ3) is 11.8. The number of ether oxygens (including phenoxy) is 5. The molecule has 0 spiro atoms. The van der Waals surface area contributed by atoms with Crippen molar-refractivity contribution < 1.29 is 60.6 Å². The zero-order valence-electron chi connectivity index (χ0n) is 38.5. The van der Waals surface area contributed by atoms with Crippen LogP contribution in [0.2, 0.25) is 0 Å². The van der Waals surface area contributed by atoms with Crippen LogP contribution < -0.4 is 10.6 Å². The Kier molecular flexibility index (Phi) is 16.4. The number of aliphatic hydroxyl groups excluding tert-OH is 1. The van der Waals surface area contributed by atoms with Gasteiger partial charge in [-0.05, 0) is 72.7 Å². The second-order valence-corrected chi connectivity index (χ2v) is 19.6. The van der Waals surface area contributed by atoms with Crippen LogP contribution in [0, 0.1) is 23.7 Å². The largest absolute Gasteiger partial charge is 0.458 e. The number of Topliss-reactive ketones (excluding diaryl/α,β-unsaturated/α-hetero) is 1. The van der Waals surface area contributed by atoms with Crippen molar-refractivity contribution in [3.05, 3.63) is 54.4 Å². The lowest BCUT2D eigenvalue weighted by Crippen LogP contribution is -2.61. The number of fused-ring (bicyclic) bond motifs is 1. The number of nitrogens with zero attached hydrogens (tertiary/aromatic N) is 3. The normalized spacial score (nSPS) is 35.5. The van der Waals surface area contributed by atoms with Crippen LogP contribution in [0.15, 0.2) is 48.8 Å². The van der Waals surface area contributed by atoms with E-state index in [1.807, 2.05) is 36.1 Å². The van der Waals surface area contributed by atoms with E-state index in [0.29, 0.717) is 12.2 Å². The van der Waals surface area contributed by atoms with Crippen LogP contribution in [-0.4, -0.2) is 139 Å². The lowest BCUT2D eigenvalue weighted by atomic mass is 9.73. The number of carbonyl (C=O) groups is 4. The van der Waals surface area contributed by atoms with E-state index in [4.69, 9.17) is 27.9 Å². The summed E-state index contributed by atoms with van der Waals surface area (Å²) in [5.41, 5.74) is -1.67. The predicted molar refractivity (Wildman–Crippen MR) is 235 cm³/mol. The molecule has 3 aliphatic heterocycles. The highest BCUT2D eigenvalue weighted by Gasteiger charge is 2.58. The van der Waals surface area contributed by atoms with Gasteiger partial charge in [-0.15, -0.1) is 0 Å². The second-order valence-electron chi connectivity index (χ2n) is 18.0. The van der Waals surface area contributed by atoms with Crippen molar-refractivity contribution in [2.24, 2.45) is 23.7 Å². The Morgan fingerprint density at radius 1 is 1.05 bits per heavy atom. The molecule has 2 amide bonds. The van der Waals surface area contributed by atoms with Crippen LogP contribution in [0.4, 0.5) is 9.59 Å². The van der Waals surface area contributed by atoms with Crippen LogP contribution in [0.1, 0.15) is 80.2 Å². The van der Waals surface area contributed by atoms with Crippen LogP contribution in [0.25, 0.3) is 17.5 Å². The first-order chi connectivity index (χ1) is 30.0. The van der Waals surface area contributed by atoms with Crippen LogP contribution >= 0.6 is 0 Å². The Hall–Kier alpha value is -4.53. The third-order valence-electron chi connectivity index (χ3n) is 12.7. The minimum Gasteiger partial charge on any atom is -0.458 e. The molecule has 3 N–H and O–H groups in total. The molecule has 354 valence electrons. The number of cyclic esters (lactones) is 1. The summed E-state index contributed by atoms with van der Waals surface area (Å²) in [5, 5.41) is 17.2. The van der Waals surface area contributed by atoms with Crippen molar-refractivity contribution in [3.8, 4) is 11.4 Å². The number of likely N-dealkylation sites (N-methyl/N-ethyl adjacent to an activating group) is 1. The average molecular weight is 916 g/mol.